The summed E-state index contributed by atoms with van der Waals surface area (Å²) < 4.78 is 4.52. The van der Waals surface area contributed by atoms with E-state index in [1.54, 1.807) is 0 Å². The quantitative estimate of drug-likeness (QED) is 0.724. The van der Waals surface area contributed by atoms with E-state index < -0.39 is 0 Å². The third-order valence-electron chi connectivity index (χ3n) is 1.98. The summed E-state index contributed by atoms with van der Waals surface area (Å²) >= 11 is 5.76. The number of carbonyl (C=O) groups excluding carboxylic acids is 1. The maximum absolute atomic E-state index is 10.9. The van der Waals surface area contributed by atoms with Crippen LogP contribution in [0.3, 0.4) is 0 Å². The summed E-state index contributed by atoms with van der Waals surface area (Å²) in [7, 11) is 1.34. The average Bonchev–Trinajstić information content (AvgIpc) is 2.35. The molecule has 0 spiro atoms. The molecular formula is C10H16ClN5O2. The molecule has 100 valence electrons. The fourth-order valence-corrected chi connectivity index (χ4v) is 1.28. The third kappa shape index (κ3) is 5.13. The highest BCUT2D eigenvalue weighted by Gasteiger charge is 2.05. The van der Waals surface area contributed by atoms with Crippen molar-refractivity contribution in [2.75, 3.05) is 30.8 Å². The van der Waals surface area contributed by atoms with Crippen LogP contribution in [0.25, 0.3) is 0 Å². The molecule has 0 aliphatic carbocycles. The van der Waals surface area contributed by atoms with E-state index in [-0.39, 0.29) is 17.7 Å². The maximum atomic E-state index is 10.9. The summed E-state index contributed by atoms with van der Waals surface area (Å²) in [5, 5.41) is 5.99. The lowest BCUT2D eigenvalue weighted by molar-refractivity contribution is -0.140. The Morgan fingerprint density at radius 1 is 1.22 bits per heavy atom. The number of esters is 1. The van der Waals surface area contributed by atoms with Crippen molar-refractivity contribution in [3.8, 4) is 0 Å². The Morgan fingerprint density at radius 2 is 1.83 bits per heavy atom. The van der Waals surface area contributed by atoms with E-state index in [0.717, 1.165) is 13.0 Å². The number of rotatable bonds is 7. The molecule has 1 aromatic heterocycles. The Kier molecular flexibility index (Phi) is 6.13. The zero-order valence-electron chi connectivity index (χ0n) is 10.4. The number of hydrogen-bond acceptors (Lipinski definition) is 7. The van der Waals surface area contributed by atoms with Crippen LogP contribution in [0, 0.1) is 0 Å². The number of nitrogens with one attached hydrogen (secondary N) is 2. The summed E-state index contributed by atoms with van der Waals surface area (Å²) in [5.74, 6) is 0.446. The maximum Gasteiger partial charge on any atom is 0.307 e. The highest BCUT2D eigenvalue weighted by molar-refractivity contribution is 6.28. The second-order valence-corrected chi connectivity index (χ2v) is 3.77. The van der Waals surface area contributed by atoms with Crippen molar-refractivity contribution in [2.45, 2.75) is 19.8 Å². The molecule has 0 aliphatic rings. The predicted octanol–water partition coefficient (Wildman–Crippen LogP) is 1.32. The minimum absolute atomic E-state index is 0.101. The third-order valence-corrected chi connectivity index (χ3v) is 2.15. The van der Waals surface area contributed by atoms with E-state index in [9.17, 15) is 4.79 Å². The second-order valence-electron chi connectivity index (χ2n) is 3.43. The molecule has 7 nitrogen and oxygen atoms in total. The van der Waals surface area contributed by atoms with Gasteiger partial charge in [0.1, 0.15) is 0 Å². The molecule has 0 atom stereocenters. The van der Waals surface area contributed by atoms with Gasteiger partial charge >= 0.3 is 5.97 Å². The summed E-state index contributed by atoms with van der Waals surface area (Å²) in [6.07, 6.45) is 1.19. The first-order chi connectivity index (χ1) is 8.65. The number of ether oxygens (including phenoxy) is 1. The van der Waals surface area contributed by atoms with Crippen LogP contribution in [-0.2, 0) is 9.53 Å². The number of aromatic nitrogens is 3. The van der Waals surface area contributed by atoms with E-state index in [2.05, 4.69) is 30.3 Å². The standard InChI is InChI=1S/C10H16ClN5O2/c1-3-5-12-9-14-8(11)15-10(16-9)13-6-4-7(17)18-2/h3-6H2,1-2H3,(H2,12,13,14,15,16). The van der Waals surface area contributed by atoms with Gasteiger partial charge in [-0.1, -0.05) is 6.92 Å². The summed E-state index contributed by atoms with van der Waals surface area (Å²) in [6.45, 7) is 3.16. The first-order valence-corrected chi connectivity index (χ1v) is 5.99. The van der Waals surface area contributed by atoms with Crippen molar-refractivity contribution in [3.63, 3.8) is 0 Å². The van der Waals surface area contributed by atoms with Gasteiger partial charge in [0, 0.05) is 13.1 Å². The van der Waals surface area contributed by atoms with E-state index in [1.165, 1.54) is 7.11 Å². The van der Waals surface area contributed by atoms with E-state index in [4.69, 9.17) is 11.6 Å². The molecule has 0 fully saturated rings. The van der Waals surface area contributed by atoms with Gasteiger partial charge in [0.05, 0.1) is 13.5 Å². The van der Waals surface area contributed by atoms with Crippen LogP contribution in [0.15, 0.2) is 0 Å². The van der Waals surface area contributed by atoms with Crippen LogP contribution in [0.5, 0.6) is 0 Å². The van der Waals surface area contributed by atoms with Crippen LogP contribution < -0.4 is 10.6 Å². The smallest absolute Gasteiger partial charge is 0.307 e. The van der Waals surface area contributed by atoms with Gasteiger partial charge < -0.3 is 15.4 Å². The van der Waals surface area contributed by atoms with Crippen LogP contribution in [0.4, 0.5) is 11.9 Å². The normalized spacial score (nSPS) is 9.94. The molecule has 0 aromatic carbocycles. The first-order valence-electron chi connectivity index (χ1n) is 5.61. The van der Waals surface area contributed by atoms with Gasteiger partial charge in [-0.3, -0.25) is 4.79 Å². The fourth-order valence-electron chi connectivity index (χ4n) is 1.12. The van der Waals surface area contributed by atoms with Gasteiger partial charge in [-0.2, -0.15) is 15.0 Å². The molecule has 1 rings (SSSR count). The van der Waals surface area contributed by atoms with Crippen molar-refractivity contribution in [2.24, 2.45) is 0 Å². The molecule has 8 heteroatoms. The van der Waals surface area contributed by atoms with Gasteiger partial charge in [0.15, 0.2) is 0 Å². The van der Waals surface area contributed by atoms with Crippen molar-refractivity contribution < 1.29 is 9.53 Å². The highest BCUT2D eigenvalue weighted by atomic mass is 35.5. The summed E-state index contributed by atoms with van der Waals surface area (Å²) in [5.41, 5.74) is 0. The van der Waals surface area contributed by atoms with E-state index in [1.807, 2.05) is 6.92 Å². The summed E-state index contributed by atoms with van der Waals surface area (Å²) in [4.78, 5) is 22.9. The lowest BCUT2D eigenvalue weighted by atomic mass is 10.4. The Hall–Kier alpha value is -1.63. The largest absolute Gasteiger partial charge is 0.469 e. The Morgan fingerprint density at radius 3 is 2.39 bits per heavy atom. The van der Waals surface area contributed by atoms with Gasteiger partial charge in [-0.15, -0.1) is 0 Å². The zero-order chi connectivity index (χ0) is 13.4. The van der Waals surface area contributed by atoms with Gasteiger partial charge in [-0.05, 0) is 18.0 Å². The van der Waals surface area contributed by atoms with Crippen molar-refractivity contribution in [1.82, 2.24) is 15.0 Å². The lowest BCUT2D eigenvalue weighted by Crippen LogP contribution is -2.13. The molecular weight excluding hydrogens is 258 g/mol. The second kappa shape index (κ2) is 7.65. The number of carbonyl (C=O) groups is 1. The number of anilines is 2. The van der Waals surface area contributed by atoms with Crippen LogP contribution in [0.2, 0.25) is 5.28 Å². The van der Waals surface area contributed by atoms with Crippen molar-refractivity contribution in [1.29, 1.82) is 0 Å². The number of nitrogens with zero attached hydrogens (tertiary/aromatic N) is 3. The van der Waals surface area contributed by atoms with Gasteiger partial charge in [0.2, 0.25) is 17.2 Å². The molecule has 1 aromatic rings. The molecule has 0 aliphatic heterocycles. The van der Waals surface area contributed by atoms with E-state index in [0.29, 0.717) is 18.4 Å². The Labute approximate surface area is 110 Å². The Bertz CT molecular complexity index is 402. The average molecular weight is 274 g/mol. The minimum atomic E-state index is -0.299. The van der Waals surface area contributed by atoms with Crippen LogP contribution >= 0.6 is 11.6 Å². The first kappa shape index (κ1) is 14.4. The molecule has 0 saturated carbocycles. The van der Waals surface area contributed by atoms with E-state index >= 15 is 0 Å². The zero-order valence-corrected chi connectivity index (χ0v) is 11.1. The fraction of sp³-hybridized carbons (Fsp3) is 0.600. The van der Waals surface area contributed by atoms with Crippen molar-refractivity contribution in [3.05, 3.63) is 5.28 Å². The predicted molar refractivity (Wildman–Crippen MR) is 68.7 cm³/mol. The topological polar surface area (TPSA) is 89.0 Å². The minimum Gasteiger partial charge on any atom is -0.469 e. The molecule has 0 bridgehead atoms. The molecule has 0 radical (unpaired) electrons. The number of methoxy groups -OCH3 is 1. The summed E-state index contributed by atoms with van der Waals surface area (Å²) in [6, 6.07) is 0. The highest BCUT2D eigenvalue weighted by Crippen LogP contribution is 2.09. The molecule has 0 amide bonds. The van der Waals surface area contributed by atoms with Crippen LogP contribution in [0.1, 0.15) is 19.8 Å². The molecule has 18 heavy (non-hydrogen) atoms. The van der Waals surface area contributed by atoms with Crippen LogP contribution in [-0.4, -0.2) is 41.1 Å². The Balaban J connectivity index is 2.54. The van der Waals surface area contributed by atoms with Crippen molar-refractivity contribution >= 4 is 29.5 Å². The molecule has 2 N–H and O–H groups in total. The monoisotopic (exact) mass is 273 g/mol. The number of hydrogen-bond donors (Lipinski definition) is 2. The number of halogens is 1. The SMILES string of the molecule is CCCNc1nc(Cl)nc(NCCC(=O)OC)n1. The molecule has 0 unspecified atom stereocenters. The molecule has 1 heterocycles. The van der Waals surface area contributed by atoms with Gasteiger partial charge in [0.25, 0.3) is 0 Å². The molecule has 0 saturated heterocycles. The van der Waals surface area contributed by atoms with Gasteiger partial charge in [-0.25, -0.2) is 0 Å². The lowest BCUT2D eigenvalue weighted by Gasteiger charge is -2.07.